The molecule has 0 unspecified atom stereocenters. The van der Waals surface area contributed by atoms with Crippen LogP contribution in [0.5, 0.6) is 0 Å². The lowest BCUT2D eigenvalue weighted by atomic mass is 9.97. The normalized spacial score (nSPS) is 15.2. The van der Waals surface area contributed by atoms with E-state index >= 15 is 0 Å². The molecule has 1 aliphatic rings. The van der Waals surface area contributed by atoms with E-state index in [1.54, 1.807) is 23.5 Å². The van der Waals surface area contributed by atoms with Gasteiger partial charge in [-0.05, 0) is 43.2 Å². The van der Waals surface area contributed by atoms with Gasteiger partial charge in [0.05, 0.1) is 32.5 Å². The van der Waals surface area contributed by atoms with Gasteiger partial charge in [-0.25, -0.2) is 9.97 Å². The largest absolute Gasteiger partial charge is 0.341 e. The Hall–Kier alpha value is -2.58. The third-order valence-corrected chi connectivity index (χ3v) is 7.29. The molecule has 5 rings (SSSR count). The molecule has 0 radical (unpaired) electrons. The number of carbonyl (C=O) groups is 1. The second-order valence-corrected chi connectivity index (χ2v) is 9.49. The van der Waals surface area contributed by atoms with E-state index in [1.165, 1.54) is 15.6 Å². The third kappa shape index (κ3) is 3.65. The molecule has 0 bridgehead atoms. The van der Waals surface area contributed by atoms with Crippen molar-refractivity contribution in [2.75, 3.05) is 13.1 Å². The Balaban J connectivity index is 1.27. The van der Waals surface area contributed by atoms with E-state index in [0.717, 1.165) is 27.8 Å². The van der Waals surface area contributed by atoms with E-state index in [2.05, 4.69) is 27.0 Å². The molecule has 2 aromatic carbocycles. The number of benzene rings is 2. The number of amides is 1. The Morgan fingerprint density at radius 3 is 2.73 bits per heavy atom. The van der Waals surface area contributed by atoms with Gasteiger partial charge in [-0.2, -0.15) is 0 Å². The standard InChI is InChI=1S/C22H19BrN4O2S/c23-15-5-6-17-16(11-15)22(29)27(13-24-17)12-20(28)26-9-7-14(8-10-26)21-25-18-3-1-2-4-19(18)30-21/h1-6,11,13-14H,7-10,12H2. The van der Waals surface area contributed by atoms with Crippen LogP contribution in [0.25, 0.3) is 21.1 Å². The van der Waals surface area contributed by atoms with Gasteiger partial charge >= 0.3 is 0 Å². The van der Waals surface area contributed by atoms with Crippen molar-refractivity contribution in [3.63, 3.8) is 0 Å². The summed E-state index contributed by atoms with van der Waals surface area (Å²) >= 11 is 5.13. The highest BCUT2D eigenvalue weighted by Gasteiger charge is 2.26. The van der Waals surface area contributed by atoms with Crippen molar-refractivity contribution >= 4 is 54.3 Å². The van der Waals surface area contributed by atoms with Gasteiger partial charge in [0, 0.05) is 23.5 Å². The predicted molar refractivity (Wildman–Crippen MR) is 122 cm³/mol. The molecule has 0 aliphatic carbocycles. The first kappa shape index (κ1) is 19.4. The summed E-state index contributed by atoms with van der Waals surface area (Å²) in [6.07, 6.45) is 3.25. The minimum atomic E-state index is -0.195. The van der Waals surface area contributed by atoms with Crippen LogP contribution < -0.4 is 5.56 Å². The Kier molecular flexibility index (Phi) is 5.12. The molecule has 0 N–H and O–H groups in total. The van der Waals surface area contributed by atoms with Crippen LogP contribution >= 0.6 is 27.3 Å². The summed E-state index contributed by atoms with van der Waals surface area (Å²) in [6, 6.07) is 13.6. The van der Waals surface area contributed by atoms with Crippen LogP contribution in [0.3, 0.4) is 0 Å². The van der Waals surface area contributed by atoms with E-state index in [1.807, 2.05) is 29.2 Å². The molecular weight excluding hydrogens is 464 g/mol. The first-order chi connectivity index (χ1) is 14.6. The summed E-state index contributed by atoms with van der Waals surface area (Å²) < 4.78 is 3.42. The number of aromatic nitrogens is 3. The van der Waals surface area contributed by atoms with Crippen molar-refractivity contribution in [3.05, 3.63) is 68.6 Å². The molecule has 1 amide bonds. The quantitative estimate of drug-likeness (QED) is 0.439. The first-order valence-corrected chi connectivity index (χ1v) is 11.5. The monoisotopic (exact) mass is 482 g/mol. The lowest BCUT2D eigenvalue weighted by Gasteiger charge is -2.31. The number of halogens is 1. The lowest BCUT2D eigenvalue weighted by molar-refractivity contribution is -0.132. The van der Waals surface area contributed by atoms with Gasteiger partial charge < -0.3 is 4.90 Å². The summed E-state index contributed by atoms with van der Waals surface area (Å²) in [5, 5.41) is 1.66. The van der Waals surface area contributed by atoms with E-state index in [0.29, 0.717) is 29.9 Å². The molecule has 152 valence electrons. The number of piperidine rings is 1. The Morgan fingerprint density at radius 1 is 1.13 bits per heavy atom. The lowest BCUT2D eigenvalue weighted by Crippen LogP contribution is -2.41. The highest BCUT2D eigenvalue weighted by molar-refractivity contribution is 9.10. The average Bonchev–Trinajstić information content (AvgIpc) is 3.20. The molecule has 0 atom stereocenters. The fourth-order valence-corrected chi connectivity index (χ4v) is 5.43. The van der Waals surface area contributed by atoms with E-state index in [9.17, 15) is 9.59 Å². The van der Waals surface area contributed by atoms with E-state index in [-0.39, 0.29) is 18.0 Å². The Morgan fingerprint density at radius 2 is 1.93 bits per heavy atom. The van der Waals surface area contributed by atoms with Crippen LogP contribution in [-0.2, 0) is 11.3 Å². The SMILES string of the molecule is O=C(Cn1cnc2ccc(Br)cc2c1=O)N1CCC(c2nc3ccccc3s2)CC1. The van der Waals surface area contributed by atoms with Crippen LogP contribution in [0, 0.1) is 0 Å². The minimum Gasteiger partial charge on any atom is -0.341 e. The van der Waals surface area contributed by atoms with Crippen LogP contribution in [0.4, 0.5) is 0 Å². The molecule has 0 saturated carbocycles. The molecule has 30 heavy (non-hydrogen) atoms. The van der Waals surface area contributed by atoms with Gasteiger partial charge in [0.1, 0.15) is 6.54 Å². The Labute approximate surface area is 185 Å². The second kappa shape index (κ2) is 7.92. The predicted octanol–water partition coefficient (Wildman–Crippen LogP) is 4.17. The molecule has 1 aliphatic heterocycles. The van der Waals surface area contributed by atoms with E-state index < -0.39 is 0 Å². The molecule has 8 heteroatoms. The summed E-state index contributed by atoms with van der Waals surface area (Å²) in [5.74, 6) is 0.338. The third-order valence-electron chi connectivity index (χ3n) is 5.60. The summed E-state index contributed by atoms with van der Waals surface area (Å²) in [7, 11) is 0. The minimum absolute atomic E-state index is 0.0140. The van der Waals surface area contributed by atoms with Crippen molar-refractivity contribution < 1.29 is 4.79 Å². The van der Waals surface area contributed by atoms with Crippen LogP contribution in [0.2, 0.25) is 0 Å². The number of hydrogen-bond acceptors (Lipinski definition) is 5. The van der Waals surface area contributed by atoms with Crippen molar-refractivity contribution in [2.24, 2.45) is 0 Å². The highest BCUT2D eigenvalue weighted by Crippen LogP contribution is 2.33. The smallest absolute Gasteiger partial charge is 0.261 e. The maximum Gasteiger partial charge on any atom is 0.261 e. The summed E-state index contributed by atoms with van der Waals surface area (Å²) in [4.78, 5) is 36.5. The number of carbonyl (C=O) groups excluding carboxylic acids is 1. The second-order valence-electron chi connectivity index (χ2n) is 7.51. The van der Waals surface area contributed by atoms with Crippen LogP contribution in [0.15, 0.2) is 58.1 Å². The number of thiazole rings is 1. The van der Waals surface area contributed by atoms with Gasteiger partial charge in [-0.1, -0.05) is 28.1 Å². The average molecular weight is 483 g/mol. The molecular formula is C22H19BrN4O2S. The zero-order chi connectivity index (χ0) is 20.7. The van der Waals surface area contributed by atoms with Crippen molar-refractivity contribution in [3.8, 4) is 0 Å². The number of fused-ring (bicyclic) bond motifs is 2. The fraction of sp³-hybridized carbons (Fsp3) is 0.273. The molecule has 4 aromatic rings. The van der Waals surface area contributed by atoms with Crippen molar-refractivity contribution in [2.45, 2.75) is 25.3 Å². The van der Waals surface area contributed by atoms with Gasteiger partial charge in [0.25, 0.3) is 5.56 Å². The zero-order valence-electron chi connectivity index (χ0n) is 16.1. The van der Waals surface area contributed by atoms with Crippen LogP contribution in [-0.4, -0.2) is 38.4 Å². The fourth-order valence-electron chi connectivity index (χ4n) is 3.93. The van der Waals surface area contributed by atoms with Crippen molar-refractivity contribution in [1.82, 2.24) is 19.4 Å². The van der Waals surface area contributed by atoms with Crippen molar-refractivity contribution in [1.29, 1.82) is 0 Å². The summed E-state index contributed by atoms with van der Waals surface area (Å²) in [5.41, 5.74) is 1.48. The molecule has 2 aromatic heterocycles. The number of hydrogen-bond donors (Lipinski definition) is 0. The number of para-hydroxylation sites is 1. The van der Waals surface area contributed by atoms with Crippen LogP contribution in [0.1, 0.15) is 23.8 Å². The molecule has 1 fully saturated rings. The van der Waals surface area contributed by atoms with Gasteiger partial charge in [0.2, 0.25) is 5.91 Å². The molecule has 3 heterocycles. The number of likely N-dealkylation sites (tertiary alicyclic amines) is 1. The van der Waals surface area contributed by atoms with Gasteiger partial charge in [-0.15, -0.1) is 11.3 Å². The molecule has 0 spiro atoms. The molecule has 6 nitrogen and oxygen atoms in total. The molecule has 1 saturated heterocycles. The number of nitrogens with zero attached hydrogens (tertiary/aromatic N) is 4. The Bertz CT molecular complexity index is 1270. The van der Waals surface area contributed by atoms with Gasteiger partial charge in [-0.3, -0.25) is 14.2 Å². The maximum atomic E-state index is 12.8. The zero-order valence-corrected chi connectivity index (χ0v) is 18.5. The summed E-state index contributed by atoms with van der Waals surface area (Å²) in [6.45, 7) is 1.38. The maximum absolute atomic E-state index is 12.8. The van der Waals surface area contributed by atoms with Gasteiger partial charge in [0.15, 0.2) is 0 Å². The number of rotatable bonds is 3. The highest BCUT2D eigenvalue weighted by atomic mass is 79.9. The first-order valence-electron chi connectivity index (χ1n) is 9.86. The topological polar surface area (TPSA) is 68.1 Å². The van der Waals surface area contributed by atoms with E-state index in [4.69, 9.17) is 4.98 Å².